The summed E-state index contributed by atoms with van der Waals surface area (Å²) in [5.74, 6) is 0.0331. The third-order valence-electron chi connectivity index (χ3n) is 3.19. The van der Waals surface area contributed by atoms with Gasteiger partial charge in [-0.1, -0.05) is 0 Å². The van der Waals surface area contributed by atoms with Crippen molar-refractivity contribution in [3.63, 3.8) is 0 Å². The number of carbonyl (C=O) groups is 1. The second-order valence-electron chi connectivity index (χ2n) is 4.43. The fourth-order valence-electron chi connectivity index (χ4n) is 1.79. The molecule has 1 aliphatic heterocycles. The SMILES string of the molecule is COc1cc([N+](=O)[O-])ccc1NC(=O)C(C)=C1CNC1. The fourth-order valence-corrected chi connectivity index (χ4v) is 1.79. The fraction of sp³-hybridized carbons (Fsp3) is 0.308. The Bertz CT molecular complexity index is 589. The first-order chi connectivity index (χ1) is 9.52. The van der Waals surface area contributed by atoms with Crippen LogP contribution < -0.4 is 15.4 Å². The molecule has 106 valence electrons. The molecule has 1 fully saturated rings. The number of amides is 1. The highest BCUT2D eigenvalue weighted by atomic mass is 16.6. The van der Waals surface area contributed by atoms with Gasteiger partial charge in [0.1, 0.15) is 5.75 Å². The van der Waals surface area contributed by atoms with Gasteiger partial charge < -0.3 is 15.4 Å². The second-order valence-corrected chi connectivity index (χ2v) is 4.43. The number of anilines is 1. The average Bonchev–Trinajstić information content (AvgIpc) is 2.36. The van der Waals surface area contributed by atoms with Crippen LogP contribution in [-0.2, 0) is 4.79 Å². The zero-order chi connectivity index (χ0) is 14.7. The predicted molar refractivity (Wildman–Crippen MR) is 73.8 cm³/mol. The Morgan fingerprint density at radius 3 is 2.65 bits per heavy atom. The number of carbonyl (C=O) groups excluding carboxylic acids is 1. The zero-order valence-electron chi connectivity index (χ0n) is 11.2. The summed E-state index contributed by atoms with van der Waals surface area (Å²) in [5.41, 5.74) is 2.04. The predicted octanol–water partition coefficient (Wildman–Crippen LogP) is 1.46. The molecule has 1 saturated heterocycles. The van der Waals surface area contributed by atoms with Crippen LogP contribution in [0.2, 0.25) is 0 Å². The average molecular weight is 277 g/mol. The van der Waals surface area contributed by atoms with Crippen molar-refractivity contribution in [2.75, 3.05) is 25.5 Å². The van der Waals surface area contributed by atoms with Gasteiger partial charge >= 0.3 is 0 Å². The van der Waals surface area contributed by atoms with Crippen LogP contribution in [0.1, 0.15) is 6.92 Å². The van der Waals surface area contributed by atoms with Gasteiger partial charge in [0.2, 0.25) is 0 Å². The highest BCUT2D eigenvalue weighted by molar-refractivity contribution is 6.04. The lowest BCUT2D eigenvalue weighted by Crippen LogP contribution is -2.36. The minimum absolute atomic E-state index is 0.0851. The summed E-state index contributed by atoms with van der Waals surface area (Å²) in [6.45, 7) is 3.19. The van der Waals surface area contributed by atoms with E-state index in [4.69, 9.17) is 4.74 Å². The van der Waals surface area contributed by atoms with E-state index < -0.39 is 4.92 Å². The summed E-state index contributed by atoms with van der Waals surface area (Å²) in [5, 5.41) is 16.5. The number of non-ortho nitro benzene ring substituents is 1. The van der Waals surface area contributed by atoms with Gasteiger partial charge in [0, 0.05) is 24.7 Å². The van der Waals surface area contributed by atoms with E-state index in [0.29, 0.717) is 11.3 Å². The maximum absolute atomic E-state index is 12.0. The number of hydrogen-bond donors (Lipinski definition) is 2. The highest BCUT2D eigenvalue weighted by Gasteiger charge is 2.18. The van der Waals surface area contributed by atoms with Crippen LogP contribution in [0.15, 0.2) is 29.3 Å². The van der Waals surface area contributed by atoms with Crippen LogP contribution in [0.4, 0.5) is 11.4 Å². The van der Waals surface area contributed by atoms with Gasteiger partial charge in [0.15, 0.2) is 0 Å². The van der Waals surface area contributed by atoms with Gasteiger partial charge in [-0.15, -0.1) is 0 Å². The number of nitro benzene ring substituents is 1. The minimum atomic E-state index is -0.513. The van der Waals surface area contributed by atoms with Crippen molar-refractivity contribution < 1.29 is 14.5 Å². The number of rotatable bonds is 4. The van der Waals surface area contributed by atoms with Gasteiger partial charge in [0.25, 0.3) is 11.6 Å². The minimum Gasteiger partial charge on any atom is -0.494 e. The Hall–Kier alpha value is -2.41. The molecule has 0 saturated carbocycles. The molecule has 2 rings (SSSR count). The standard InChI is InChI=1S/C13H15N3O4/c1-8(9-6-14-7-9)13(17)15-11-4-3-10(16(18)19)5-12(11)20-2/h3-5,14H,6-7H2,1-2H3,(H,15,17). The van der Waals surface area contributed by atoms with Crippen LogP contribution in [0, 0.1) is 10.1 Å². The molecule has 1 aliphatic rings. The van der Waals surface area contributed by atoms with E-state index in [-0.39, 0.29) is 17.3 Å². The molecule has 0 atom stereocenters. The Kier molecular flexibility index (Phi) is 3.99. The number of benzene rings is 1. The molecule has 0 spiro atoms. The molecule has 0 aromatic heterocycles. The maximum atomic E-state index is 12.0. The summed E-state index contributed by atoms with van der Waals surface area (Å²) >= 11 is 0. The van der Waals surface area contributed by atoms with Crippen molar-refractivity contribution in [1.82, 2.24) is 5.32 Å². The van der Waals surface area contributed by atoms with Gasteiger partial charge in [-0.2, -0.15) is 0 Å². The molecular formula is C13H15N3O4. The smallest absolute Gasteiger partial charge is 0.273 e. The Labute approximate surface area is 115 Å². The molecule has 2 N–H and O–H groups in total. The van der Waals surface area contributed by atoms with Gasteiger partial charge in [-0.3, -0.25) is 14.9 Å². The van der Waals surface area contributed by atoms with E-state index in [0.717, 1.165) is 18.7 Å². The van der Waals surface area contributed by atoms with E-state index in [9.17, 15) is 14.9 Å². The van der Waals surface area contributed by atoms with Crippen molar-refractivity contribution in [3.8, 4) is 5.75 Å². The maximum Gasteiger partial charge on any atom is 0.273 e. The zero-order valence-corrected chi connectivity index (χ0v) is 11.2. The van der Waals surface area contributed by atoms with E-state index in [1.165, 1.54) is 25.3 Å². The molecule has 1 aromatic carbocycles. The molecule has 0 radical (unpaired) electrons. The monoisotopic (exact) mass is 277 g/mol. The molecule has 0 aliphatic carbocycles. The number of ether oxygens (including phenoxy) is 1. The van der Waals surface area contributed by atoms with Gasteiger partial charge in [-0.05, 0) is 18.6 Å². The number of hydrogen-bond acceptors (Lipinski definition) is 5. The van der Waals surface area contributed by atoms with Gasteiger partial charge in [0.05, 0.1) is 23.8 Å². The van der Waals surface area contributed by atoms with Crippen molar-refractivity contribution in [2.24, 2.45) is 0 Å². The van der Waals surface area contributed by atoms with Crippen molar-refractivity contribution >= 4 is 17.3 Å². The van der Waals surface area contributed by atoms with Crippen LogP contribution in [-0.4, -0.2) is 31.0 Å². The summed E-state index contributed by atoms with van der Waals surface area (Å²) < 4.78 is 5.07. The largest absolute Gasteiger partial charge is 0.494 e. The first-order valence-electron chi connectivity index (χ1n) is 6.06. The van der Waals surface area contributed by atoms with Crippen molar-refractivity contribution in [2.45, 2.75) is 6.92 Å². The van der Waals surface area contributed by atoms with E-state index in [1.807, 2.05) is 0 Å². The molecule has 0 bridgehead atoms. The van der Waals surface area contributed by atoms with Crippen LogP contribution in [0.25, 0.3) is 0 Å². The number of nitrogens with one attached hydrogen (secondary N) is 2. The molecule has 1 heterocycles. The number of nitro groups is 1. The Morgan fingerprint density at radius 1 is 1.45 bits per heavy atom. The van der Waals surface area contributed by atoms with E-state index in [1.54, 1.807) is 6.92 Å². The topological polar surface area (TPSA) is 93.5 Å². The van der Waals surface area contributed by atoms with E-state index in [2.05, 4.69) is 10.6 Å². The van der Waals surface area contributed by atoms with Crippen LogP contribution in [0.3, 0.4) is 0 Å². The molecule has 1 amide bonds. The summed E-state index contributed by atoms with van der Waals surface area (Å²) in [6.07, 6.45) is 0. The first-order valence-corrected chi connectivity index (χ1v) is 6.06. The van der Waals surface area contributed by atoms with E-state index >= 15 is 0 Å². The summed E-state index contributed by atoms with van der Waals surface area (Å²) in [7, 11) is 1.40. The molecule has 7 heteroatoms. The number of nitrogens with zero attached hydrogens (tertiary/aromatic N) is 1. The third kappa shape index (κ3) is 2.77. The summed E-state index contributed by atoms with van der Waals surface area (Å²) in [6, 6.07) is 4.07. The molecule has 1 aromatic rings. The van der Waals surface area contributed by atoms with Gasteiger partial charge in [-0.25, -0.2) is 0 Å². The third-order valence-corrected chi connectivity index (χ3v) is 3.19. The van der Waals surface area contributed by atoms with Crippen LogP contribution in [0.5, 0.6) is 5.75 Å². The lowest BCUT2D eigenvalue weighted by molar-refractivity contribution is -0.384. The Morgan fingerprint density at radius 2 is 2.15 bits per heavy atom. The Balaban J connectivity index is 2.20. The van der Waals surface area contributed by atoms with Crippen molar-refractivity contribution in [1.29, 1.82) is 0 Å². The molecular weight excluding hydrogens is 262 g/mol. The van der Waals surface area contributed by atoms with Crippen LogP contribution >= 0.6 is 0 Å². The molecule has 0 unspecified atom stereocenters. The quantitative estimate of drug-likeness (QED) is 0.493. The highest BCUT2D eigenvalue weighted by Crippen LogP contribution is 2.29. The second kappa shape index (κ2) is 5.70. The first kappa shape index (κ1) is 14.0. The number of methoxy groups -OCH3 is 1. The lowest BCUT2D eigenvalue weighted by atomic mass is 10.0. The summed E-state index contributed by atoms with van der Waals surface area (Å²) in [4.78, 5) is 22.2. The normalized spacial score (nSPS) is 13.4. The lowest BCUT2D eigenvalue weighted by Gasteiger charge is -2.21. The van der Waals surface area contributed by atoms with Crippen molar-refractivity contribution in [3.05, 3.63) is 39.5 Å². The molecule has 7 nitrogen and oxygen atoms in total. The molecule has 20 heavy (non-hydrogen) atoms.